The molecule has 0 amide bonds. The van der Waals surface area contributed by atoms with E-state index in [1.807, 2.05) is 56.0 Å². The van der Waals surface area contributed by atoms with E-state index < -0.39 is 0 Å². The highest BCUT2D eigenvalue weighted by molar-refractivity contribution is 5.61. The van der Waals surface area contributed by atoms with Gasteiger partial charge >= 0.3 is 6.01 Å². The number of nitriles is 1. The van der Waals surface area contributed by atoms with Crippen molar-refractivity contribution in [2.45, 2.75) is 6.42 Å². The molecule has 10 nitrogen and oxygen atoms in total. The van der Waals surface area contributed by atoms with Gasteiger partial charge in [-0.3, -0.25) is 4.68 Å². The molecule has 1 aliphatic rings. The molecular weight excluding hydrogens is 432 g/mol. The van der Waals surface area contributed by atoms with Crippen LogP contribution in [0.2, 0.25) is 0 Å². The largest absolute Gasteiger partial charge is 0.463 e. The van der Waals surface area contributed by atoms with Crippen LogP contribution in [0, 0.1) is 11.3 Å². The van der Waals surface area contributed by atoms with E-state index in [1.54, 1.807) is 15.4 Å². The van der Waals surface area contributed by atoms with Crippen molar-refractivity contribution in [2.75, 3.05) is 37.8 Å². The predicted octanol–water partition coefficient (Wildman–Crippen LogP) is 2.39. The Morgan fingerprint density at radius 3 is 2.76 bits per heavy atom. The van der Waals surface area contributed by atoms with E-state index in [0.29, 0.717) is 43.6 Å². The van der Waals surface area contributed by atoms with Crippen molar-refractivity contribution in [3.05, 3.63) is 66.1 Å². The molecular formula is C24H24N8O2. The zero-order valence-electron chi connectivity index (χ0n) is 18.8. The zero-order chi connectivity index (χ0) is 23.3. The van der Waals surface area contributed by atoms with Gasteiger partial charge in [-0.15, -0.1) is 0 Å². The van der Waals surface area contributed by atoms with Crippen molar-refractivity contribution in [2.24, 2.45) is 7.05 Å². The number of hydrogen-bond donors (Lipinski definition) is 0. The van der Waals surface area contributed by atoms with E-state index in [1.165, 1.54) is 0 Å². The molecule has 172 valence electrons. The molecule has 0 bridgehead atoms. The predicted molar refractivity (Wildman–Crippen MR) is 125 cm³/mol. The summed E-state index contributed by atoms with van der Waals surface area (Å²) in [6.45, 7) is 3.23. The first-order chi connectivity index (χ1) is 16.7. The van der Waals surface area contributed by atoms with E-state index in [-0.39, 0.29) is 0 Å². The SMILES string of the molecule is Cn1cc(CCOc2nc(N3CCOCC3)cc(-n3ccc(-c4cccc(C#N)c4)n3)n2)cn1. The van der Waals surface area contributed by atoms with Gasteiger partial charge in [0, 0.05) is 50.6 Å². The Morgan fingerprint density at radius 2 is 1.97 bits per heavy atom. The van der Waals surface area contributed by atoms with E-state index in [4.69, 9.17) is 14.6 Å². The molecule has 1 aromatic carbocycles. The fraction of sp³-hybridized carbons (Fsp3) is 0.292. The van der Waals surface area contributed by atoms with Crippen LogP contribution in [0.25, 0.3) is 17.1 Å². The monoisotopic (exact) mass is 456 g/mol. The lowest BCUT2D eigenvalue weighted by Crippen LogP contribution is -2.37. The molecule has 0 unspecified atom stereocenters. The van der Waals surface area contributed by atoms with E-state index >= 15 is 0 Å². The maximum Gasteiger partial charge on any atom is 0.320 e. The van der Waals surface area contributed by atoms with Crippen LogP contribution in [0.5, 0.6) is 6.01 Å². The number of anilines is 1. The number of rotatable bonds is 7. The Labute approximate surface area is 197 Å². The Balaban J connectivity index is 1.41. The first kappa shape index (κ1) is 21.6. The smallest absolute Gasteiger partial charge is 0.320 e. The van der Waals surface area contributed by atoms with Gasteiger partial charge in [-0.1, -0.05) is 12.1 Å². The third-order valence-electron chi connectivity index (χ3n) is 5.51. The van der Waals surface area contributed by atoms with E-state index in [9.17, 15) is 5.26 Å². The minimum atomic E-state index is 0.298. The van der Waals surface area contributed by atoms with Crippen LogP contribution in [0.3, 0.4) is 0 Å². The van der Waals surface area contributed by atoms with Crippen LogP contribution in [-0.2, 0) is 18.2 Å². The molecule has 10 heteroatoms. The van der Waals surface area contributed by atoms with Crippen LogP contribution < -0.4 is 9.64 Å². The second kappa shape index (κ2) is 9.72. The number of ether oxygens (including phenoxy) is 2. The van der Waals surface area contributed by atoms with Crippen molar-refractivity contribution in [3.63, 3.8) is 0 Å². The van der Waals surface area contributed by atoms with Crippen LogP contribution >= 0.6 is 0 Å². The summed E-state index contributed by atoms with van der Waals surface area (Å²) in [5.41, 5.74) is 3.30. The second-order valence-corrected chi connectivity index (χ2v) is 7.93. The van der Waals surface area contributed by atoms with Gasteiger partial charge in [0.25, 0.3) is 0 Å². The number of nitrogens with zero attached hydrogens (tertiary/aromatic N) is 8. The van der Waals surface area contributed by atoms with Gasteiger partial charge in [0.2, 0.25) is 0 Å². The van der Waals surface area contributed by atoms with Crippen LogP contribution in [0.4, 0.5) is 5.82 Å². The summed E-state index contributed by atoms with van der Waals surface area (Å²) in [7, 11) is 1.89. The van der Waals surface area contributed by atoms with Gasteiger partial charge in [-0.25, -0.2) is 4.68 Å². The highest BCUT2D eigenvalue weighted by atomic mass is 16.5. The Hall–Kier alpha value is -4.23. The summed E-state index contributed by atoms with van der Waals surface area (Å²) in [5.74, 6) is 1.38. The average Bonchev–Trinajstić information content (AvgIpc) is 3.54. The van der Waals surface area contributed by atoms with Crippen LogP contribution in [0.1, 0.15) is 11.1 Å². The average molecular weight is 457 g/mol. The Morgan fingerprint density at radius 1 is 1.12 bits per heavy atom. The molecule has 4 heterocycles. The van der Waals surface area contributed by atoms with Gasteiger partial charge in [0.1, 0.15) is 5.82 Å². The molecule has 4 aromatic rings. The summed E-state index contributed by atoms with van der Waals surface area (Å²) < 4.78 is 14.9. The molecule has 1 fully saturated rings. The maximum atomic E-state index is 9.20. The van der Waals surface area contributed by atoms with Crippen molar-refractivity contribution in [1.29, 1.82) is 5.26 Å². The summed E-state index contributed by atoms with van der Waals surface area (Å²) in [6.07, 6.45) is 6.34. The molecule has 0 saturated carbocycles. The van der Waals surface area contributed by atoms with Gasteiger partial charge in [-0.05, 0) is 23.8 Å². The minimum Gasteiger partial charge on any atom is -0.463 e. The van der Waals surface area contributed by atoms with Crippen molar-refractivity contribution in [3.8, 4) is 29.2 Å². The molecule has 0 radical (unpaired) electrons. The lowest BCUT2D eigenvalue weighted by molar-refractivity contribution is 0.122. The van der Waals surface area contributed by atoms with Crippen molar-refractivity contribution >= 4 is 5.82 Å². The molecule has 0 aliphatic carbocycles. The summed E-state index contributed by atoms with van der Waals surface area (Å²) in [5, 5.41) is 18.1. The number of hydrogen-bond acceptors (Lipinski definition) is 8. The Bertz CT molecular complexity index is 1320. The number of benzene rings is 1. The highest BCUT2D eigenvalue weighted by Gasteiger charge is 2.17. The number of aryl methyl sites for hydroxylation is 1. The van der Waals surface area contributed by atoms with Gasteiger partial charge in [-0.2, -0.15) is 25.4 Å². The molecule has 0 spiro atoms. The molecule has 5 rings (SSSR count). The lowest BCUT2D eigenvalue weighted by atomic mass is 10.1. The number of aromatic nitrogens is 6. The standard InChI is InChI=1S/C24H24N8O2/c1-30-17-19(16-26-30)6-10-34-24-27-22(31-8-11-33-12-9-31)14-23(28-24)32-7-5-21(29-32)20-4-2-3-18(13-20)15-25/h2-5,7,13-14,16-17H,6,8-12H2,1H3. The first-order valence-electron chi connectivity index (χ1n) is 11.1. The van der Waals surface area contributed by atoms with Gasteiger partial charge < -0.3 is 14.4 Å². The fourth-order valence-electron chi connectivity index (χ4n) is 3.75. The number of morpholine rings is 1. The highest BCUT2D eigenvalue weighted by Crippen LogP contribution is 2.23. The summed E-state index contributed by atoms with van der Waals surface area (Å²) in [6, 6.07) is 13.6. The van der Waals surface area contributed by atoms with Crippen molar-refractivity contribution in [1.82, 2.24) is 29.5 Å². The molecule has 3 aromatic heterocycles. The first-order valence-corrected chi connectivity index (χ1v) is 11.1. The quantitative estimate of drug-likeness (QED) is 0.417. The Kier molecular flexibility index (Phi) is 6.18. The zero-order valence-corrected chi connectivity index (χ0v) is 18.8. The van der Waals surface area contributed by atoms with Gasteiger partial charge in [0.15, 0.2) is 5.82 Å². The van der Waals surface area contributed by atoms with E-state index in [2.05, 4.69) is 26.0 Å². The second-order valence-electron chi connectivity index (χ2n) is 7.93. The fourth-order valence-corrected chi connectivity index (χ4v) is 3.75. The normalized spacial score (nSPS) is 13.6. The molecule has 34 heavy (non-hydrogen) atoms. The molecule has 1 aliphatic heterocycles. The molecule has 1 saturated heterocycles. The van der Waals surface area contributed by atoms with Crippen LogP contribution in [-0.4, -0.2) is 62.4 Å². The lowest BCUT2D eigenvalue weighted by Gasteiger charge is -2.28. The third-order valence-corrected chi connectivity index (χ3v) is 5.51. The van der Waals surface area contributed by atoms with E-state index in [0.717, 1.165) is 35.7 Å². The van der Waals surface area contributed by atoms with Crippen molar-refractivity contribution < 1.29 is 9.47 Å². The third kappa shape index (κ3) is 4.89. The summed E-state index contributed by atoms with van der Waals surface area (Å²) >= 11 is 0. The maximum absolute atomic E-state index is 9.20. The molecule has 0 atom stereocenters. The van der Waals surface area contributed by atoms with Gasteiger partial charge in [0.05, 0.1) is 43.3 Å². The minimum absolute atomic E-state index is 0.298. The topological polar surface area (TPSA) is 107 Å². The van der Waals surface area contributed by atoms with Crippen LogP contribution in [0.15, 0.2) is 55.0 Å². The molecule has 0 N–H and O–H groups in total. The summed E-state index contributed by atoms with van der Waals surface area (Å²) in [4.78, 5) is 11.4.